The van der Waals surface area contributed by atoms with E-state index >= 15 is 0 Å². The molecule has 0 N–H and O–H groups in total. The summed E-state index contributed by atoms with van der Waals surface area (Å²) in [5.74, 6) is -0.211. The molecule has 0 bridgehead atoms. The zero-order chi connectivity index (χ0) is 24.4. The molecule has 7 heteroatoms. The van der Waals surface area contributed by atoms with Gasteiger partial charge in [0.2, 0.25) is 0 Å². The number of carbonyl (C=O) groups excluding carboxylic acids is 2. The number of carbonyl (C=O) groups is 2. The van der Waals surface area contributed by atoms with Gasteiger partial charge in [0.1, 0.15) is 0 Å². The molecule has 0 unspecified atom stereocenters. The molecule has 2 amide bonds. The predicted octanol–water partition coefficient (Wildman–Crippen LogP) is 7.88. The lowest BCUT2D eigenvalue weighted by Crippen LogP contribution is -2.29. The maximum absolute atomic E-state index is 13.1. The summed E-state index contributed by atoms with van der Waals surface area (Å²) in [5, 5.41) is 0.835. The molecular formula is C28H22Br2N2O2S. The SMILES string of the molecule is O=C1S/C(=C\c2cn(Cc3ccc(Br)cc3)c3ccc(Br)cc23)C(=O)N1CCCc1ccccc1. The molecule has 5 rings (SSSR count). The number of nitrogens with zero attached hydrogens (tertiary/aromatic N) is 2. The number of fused-ring (bicyclic) bond motifs is 1. The standard InChI is InChI=1S/C28H22Br2N2O2S/c29-22-10-8-20(9-11-22)17-31-18-21(24-16-23(30)12-13-25(24)31)15-26-27(33)32(28(34)35-26)14-4-7-19-5-2-1-3-6-19/h1-3,5-6,8-13,15-16,18H,4,7,14,17H2/b26-15-. The fraction of sp³-hybridized carbons (Fsp3) is 0.143. The molecule has 1 aliphatic heterocycles. The number of hydrogen-bond donors (Lipinski definition) is 0. The van der Waals surface area contributed by atoms with Gasteiger partial charge in [-0.2, -0.15) is 0 Å². The van der Waals surface area contributed by atoms with Crippen molar-refractivity contribution in [3.63, 3.8) is 0 Å². The van der Waals surface area contributed by atoms with Crippen LogP contribution in [0.4, 0.5) is 4.79 Å². The summed E-state index contributed by atoms with van der Waals surface area (Å²) in [6, 6.07) is 24.5. The van der Waals surface area contributed by atoms with Crippen molar-refractivity contribution in [3.05, 3.63) is 110 Å². The minimum atomic E-state index is -0.211. The van der Waals surface area contributed by atoms with E-state index < -0.39 is 0 Å². The normalized spacial score (nSPS) is 15.0. The summed E-state index contributed by atoms with van der Waals surface area (Å²) < 4.78 is 4.19. The number of amides is 2. The fourth-order valence-electron chi connectivity index (χ4n) is 4.25. The summed E-state index contributed by atoms with van der Waals surface area (Å²) in [7, 11) is 0. The molecule has 0 radical (unpaired) electrons. The van der Waals surface area contributed by atoms with Gasteiger partial charge in [-0.05, 0) is 72.1 Å². The second-order valence-corrected chi connectivity index (χ2v) is 11.2. The minimum Gasteiger partial charge on any atom is -0.342 e. The molecule has 4 nitrogen and oxygen atoms in total. The lowest BCUT2D eigenvalue weighted by atomic mass is 10.1. The molecule has 176 valence electrons. The zero-order valence-corrected chi connectivity index (χ0v) is 22.8. The maximum atomic E-state index is 13.1. The predicted molar refractivity (Wildman–Crippen MR) is 150 cm³/mol. The number of rotatable bonds is 7. The van der Waals surface area contributed by atoms with Gasteiger partial charge in [0.05, 0.1) is 4.91 Å². The average Bonchev–Trinajstić information content (AvgIpc) is 3.32. The quantitative estimate of drug-likeness (QED) is 0.200. The Morgan fingerprint density at radius 1 is 0.857 bits per heavy atom. The van der Waals surface area contributed by atoms with Gasteiger partial charge >= 0.3 is 0 Å². The second kappa shape index (κ2) is 10.6. The van der Waals surface area contributed by atoms with Gasteiger partial charge in [-0.15, -0.1) is 0 Å². The molecule has 1 saturated heterocycles. The topological polar surface area (TPSA) is 42.3 Å². The van der Waals surface area contributed by atoms with Crippen LogP contribution >= 0.6 is 43.6 Å². The first-order valence-electron chi connectivity index (χ1n) is 11.3. The number of aryl methyl sites for hydroxylation is 1. The molecule has 1 aromatic heterocycles. The number of imide groups is 1. The number of thioether (sulfide) groups is 1. The molecule has 35 heavy (non-hydrogen) atoms. The van der Waals surface area contributed by atoms with Crippen LogP contribution in [0.15, 0.2) is 92.8 Å². The van der Waals surface area contributed by atoms with Gasteiger partial charge in [0, 0.05) is 44.7 Å². The zero-order valence-electron chi connectivity index (χ0n) is 18.8. The molecule has 0 spiro atoms. The summed E-state index contributed by atoms with van der Waals surface area (Å²) in [6.07, 6.45) is 5.49. The lowest BCUT2D eigenvalue weighted by molar-refractivity contribution is -0.122. The van der Waals surface area contributed by atoms with Crippen LogP contribution in [0, 0.1) is 0 Å². The molecule has 0 saturated carbocycles. The van der Waals surface area contributed by atoms with Crippen LogP contribution in [0.2, 0.25) is 0 Å². The minimum absolute atomic E-state index is 0.200. The fourth-order valence-corrected chi connectivity index (χ4v) is 5.73. The molecule has 2 heterocycles. The number of benzene rings is 3. The highest BCUT2D eigenvalue weighted by atomic mass is 79.9. The Morgan fingerprint density at radius 2 is 1.60 bits per heavy atom. The Morgan fingerprint density at radius 3 is 2.37 bits per heavy atom. The van der Waals surface area contributed by atoms with E-state index in [0.717, 1.165) is 50.0 Å². The molecule has 1 aliphatic rings. The van der Waals surface area contributed by atoms with Crippen LogP contribution in [-0.2, 0) is 17.8 Å². The third kappa shape index (κ3) is 5.47. The number of aromatic nitrogens is 1. The van der Waals surface area contributed by atoms with Crippen molar-refractivity contribution in [2.24, 2.45) is 0 Å². The van der Waals surface area contributed by atoms with Crippen molar-refractivity contribution >= 4 is 71.7 Å². The van der Waals surface area contributed by atoms with Gasteiger partial charge in [-0.1, -0.05) is 74.3 Å². The highest BCUT2D eigenvalue weighted by molar-refractivity contribution is 9.10. The van der Waals surface area contributed by atoms with Gasteiger partial charge in [0.25, 0.3) is 11.1 Å². The maximum Gasteiger partial charge on any atom is 0.293 e. The molecule has 4 aromatic rings. The Balaban J connectivity index is 1.38. The Labute approximate surface area is 225 Å². The monoisotopic (exact) mass is 608 g/mol. The van der Waals surface area contributed by atoms with E-state index in [4.69, 9.17) is 0 Å². The summed E-state index contributed by atoms with van der Waals surface area (Å²) in [6.45, 7) is 1.13. The highest BCUT2D eigenvalue weighted by Gasteiger charge is 2.34. The van der Waals surface area contributed by atoms with E-state index in [-0.39, 0.29) is 11.1 Å². The van der Waals surface area contributed by atoms with Gasteiger partial charge < -0.3 is 4.57 Å². The first-order valence-corrected chi connectivity index (χ1v) is 13.7. The van der Waals surface area contributed by atoms with E-state index in [1.165, 1.54) is 16.0 Å². The lowest BCUT2D eigenvalue weighted by Gasteiger charge is -2.12. The molecule has 0 aliphatic carbocycles. The molecule has 0 atom stereocenters. The molecule has 3 aromatic carbocycles. The largest absolute Gasteiger partial charge is 0.342 e. The molecular weight excluding hydrogens is 588 g/mol. The smallest absolute Gasteiger partial charge is 0.293 e. The second-order valence-electron chi connectivity index (χ2n) is 8.42. The highest BCUT2D eigenvalue weighted by Crippen LogP contribution is 2.35. The summed E-state index contributed by atoms with van der Waals surface area (Å²) >= 11 is 8.08. The summed E-state index contributed by atoms with van der Waals surface area (Å²) in [5.41, 5.74) is 4.38. The van der Waals surface area contributed by atoms with Crippen LogP contribution in [-0.4, -0.2) is 27.2 Å². The first kappa shape index (κ1) is 24.1. The van der Waals surface area contributed by atoms with Crippen LogP contribution in [0.5, 0.6) is 0 Å². The number of hydrogen-bond acceptors (Lipinski definition) is 3. The van der Waals surface area contributed by atoms with E-state index in [1.807, 2.05) is 42.5 Å². The Bertz CT molecular complexity index is 1430. The van der Waals surface area contributed by atoms with Crippen molar-refractivity contribution in [1.29, 1.82) is 0 Å². The van der Waals surface area contributed by atoms with Gasteiger partial charge in [-0.25, -0.2) is 0 Å². The Kier molecular flexibility index (Phi) is 7.27. The third-order valence-corrected chi connectivity index (χ3v) is 7.92. The van der Waals surface area contributed by atoms with Crippen molar-refractivity contribution in [1.82, 2.24) is 9.47 Å². The average molecular weight is 610 g/mol. The van der Waals surface area contributed by atoms with Crippen LogP contribution in [0.25, 0.3) is 17.0 Å². The van der Waals surface area contributed by atoms with Crippen molar-refractivity contribution < 1.29 is 9.59 Å². The van der Waals surface area contributed by atoms with Crippen LogP contribution in [0.3, 0.4) is 0 Å². The molecule has 1 fully saturated rings. The Hall–Kier alpha value is -2.61. The van der Waals surface area contributed by atoms with Crippen molar-refractivity contribution in [2.75, 3.05) is 6.54 Å². The van der Waals surface area contributed by atoms with Gasteiger partial charge in [-0.3, -0.25) is 14.5 Å². The first-order chi connectivity index (χ1) is 17.0. The van der Waals surface area contributed by atoms with E-state index in [0.29, 0.717) is 18.0 Å². The third-order valence-electron chi connectivity index (χ3n) is 5.99. The van der Waals surface area contributed by atoms with Crippen molar-refractivity contribution in [3.8, 4) is 0 Å². The van der Waals surface area contributed by atoms with E-state index in [1.54, 1.807) is 0 Å². The van der Waals surface area contributed by atoms with Crippen LogP contribution < -0.4 is 0 Å². The number of halogens is 2. The van der Waals surface area contributed by atoms with E-state index in [9.17, 15) is 9.59 Å². The van der Waals surface area contributed by atoms with Gasteiger partial charge in [0.15, 0.2) is 0 Å². The summed E-state index contributed by atoms with van der Waals surface area (Å²) in [4.78, 5) is 27.6. The van der Waals surface area contributed by atoms with Crippen molar-refractivity contribution in [2.45, 2.75) is 19.4 Å². The van der Waals surface area contributed by atoms with Crippen LogP contribution in [0.1, 0.15) is 23.1 Å². The van der Waals surface area contributed by atoms with E-state index in [2.05, 4.69) is 79.0 Å².